The summed E-state index contributed by atoms with van der Waals surface area (Å²) in [4.78, 5) is 15.1. The van der Waals surface area contributed by atoms with Crippen molar-refractivity contribution in [3.8, 4) is 11.5 Å². The molecule has 3 rings (SSSR count). The first-order chi connectivity index (χ1) is 12.7. The molecular weight excluding hydrogens is 346 g/mol. The van der Waals surface area contributed by atoms with Crippen LogP contribution >= 0.6 is 11.8 Å². The van der Waals surface area contributed by atoms with Gasteiger partial charge in [-0.3, -0.25) is 4.79 Å². The van der Waals surface area contributed by atoms with Crippen LogP contribution < -0.4 is 9.47 Å². The zero-order valence-electron chi connectivity index (χ0n) is 15.5. The predicted octanol–water partition coefficient (Wildman–Crippen LogP) is 4.54. The van der Waals surface area contributed by atoms with Crippen LogP contribution in [-0.2, 0) is 5.75 Å². The minimum Gasteiger partial charge on any atom is -0.497 e. The standard InChI is InChI=1S/C21H25NO3S/c1-24-17-9-10-18(20(13-17)25-2)19-8-5-11-22(19)21(23)16-7-4-6-15(12-16)14-26-3/h4,6-7,9-10,12-13,19H,5,8,11,14H2,1-3H3. The van der Waals surface area contributed by atoms with E-state index in [1.54, 1.807) is 26.0 Å². The highest BCUT2D eigenvalue weighted by Crippen LogP contribution is 2.39. The second-order valence-corrected chi connectivity index (χ2v) is 7.26. The lowest BCUT2D eigenvalue weighted by Crippen LogP contribution is -2.30. The van der Waals surface area contributed by atoms with E-state index in [0.717, 1.165) is 47.8 Å². The Bertz CT molecular complexity index is 778. The number of hydrogen-bond acceptors (Lipinski definition) is 4. The number of carbonyl (C=O) groups excluding carboxylic acids is 1. The summed E-state index contributed by atoms with van der Waals surface area (Å²) in [5, 5.41) is 0. The van der Waals surface area contributed by atoms with Crippen molar-refractivity contribution in [1.29, 1.82) is 0 Å². The third kappa shape index (κ3) is 3.83. The van der Waals surface area contributed by atoms with Gasteiger partial charge in [-0.05, 0) is 48.9 Å². The maximum atomic E-state index is 13.2. The number of benzene rings is 2. The fourth-order valence-corrected chi connectivity index (χ4v) is 4.07. The van der Waals surface area contributed by atoms with Gasteiger partial charge in [0.25, 0.3) is 5.91 Å². The van der Waals surface area contributed by atoms with Crippen molar-refractivity contribution in [3.05, 3.63) is 59.2 Å². The number of carbonyl (C=O) groups is 1. The van der Waals surface area contributed by atoms with Gasteiger partial charge in [0.1, 0.15) is 11.5 Å². The van der Waals surface area contributed by atoms with E-state index < -0.39 is 0 Å². The molecule has 4 nitrogen and oxygen atoms in total. The Balaban J connectivity index is 1.88. The molecule has 1 amide bonds. The molecule has 5 heteroatoms. The molecule has 138 valence electrons. The summed E-state index contributed by atoms with van der Waals surface area (Å²) < 4.78 is 10.9. The first-order valence-electron chi connectivity index (χ1n) is 8.78. The number of thioether (sulfide) groups is 1. The van der Waals surface area contributed by atoms with Gasteiger partial charge in [0.2, 0.25) is 0 Å². The number of rotatable bonds is 6. The molecule has 1 heterocycles. The molecule has 2 aromatic rings. The van der Waals surface area contributed by atoms with Gasteiger partial charge < -0.3 is 14.4 Å². The lowest BCUT2D eigenvalue weighted by atomic mass is 10.0. The van der Waals surface area contributed by atoms with Gasteiger partial charge in [-0.25, -0.2) is 0 Å². The maximum absolute atomic E-state index is 13.2. The topological polar surface area (TPSA) is 38.8 Å². The summed E-state index contributed by atoms with van der Waals surface area (Å²) in [5.74, 6) is 2.53. The number of amides is 1. The number of hydrogen-bond donors (Lipinski definition) is 0. The third-order valence-corrected chi connectivity index (χ3v) is 5.42. The van der Waals surface area contributed by atoms with Gasteiger partial charge in [0.05, 0.1) is 20.3 Å². The Kier molecular flexibility index (Phi) is 6.09. The molecule has 0 N–H and O–H groups in total. The summed E-state index contributed by atoms with van der Waals surface area (Å²) in [6, 6.07) is 13.8. The molecule has 1 saturated heterocycles. The maximum Gasteiger partial charge on any atom is 0.254 e. The highest BCUT2D eigenvalue weighted by atomic mass is 32.2. The van der Waals surface area contributed by atoms with Gasteiger partial charge in [0, 0.05) is 29.5 Å². The van der Waals surface area contributed by atoms with E-state index in [-0.39, 0.29) is 11.9 Å². The van der Waals surface area contributed by atoms with Crippen molar-refractivity contribution in [3.63, 3.8) is 0 Å². The molecule has 1 unspecified atom stereocenters. The summed E-state index contributed by atoms with van der Waals surface area (Å²) in [6.45, 7) is 0.769. The molecule has 1 aliphatic rings. The van der Waals surface area contributed by atoms with E-state index >= 15 is 0 Å². The quantitative estimate of drug-likeness (QED) is 0.747. The molecule has 0 bridgehead atoms. The smallest absolute Gasteiger partial charge is 0.254 e. The van der Waals surface area contributed by atoms with Gasteiger partial charge in [0.15, 0.2) is 0 Å². The fourth-order valence-electron chi connectivity index (χ4n) is 3.55. The first-order valence-corrected chi connectivity index (χ1v) is 10.2. The first kappa shape index (κ1) is 18.6. The van der Waals surface area contributed by atoms with Crippen LogP contribution in [0.15, 0.2) is 42.5 Å². The Morgan fingerprint density at radius 1 is 1.19 bits per heavy atom. The van der Waals surface area contributed by atoms with Crippen molar-refractivity contribution in [1.82, 2.24) is 4.90 Å². The Hall–Kier alpha value is -2.14. The van der Waals surface area contributed by atoms with Crippen LogP contribution in [0.5, 0.6) is 11.5 Å². The average Bonchev–Trinajstić information content (AvgIpc) is 3.16. The molecule has 1 aliphatic heterocycles. The molecule has 0 spiro atoms. The molecule has 1 atom stereocenters. The van der Waals surface area contributed by atoms with Gasteiger partial charge in [-0.2, -0.15) is 11.8 Å². The van der Waals surface area contributed by atoms with E-state index in [1.807, 2.05) is 41.3 Å². The molecule has 26 heavy (non-hydrogen) atoms. The lowest BCUT2D eigenvalue weighted by Gasteiger charge is -2.27. The minimum atomic E-state index is 0.0348. The molecule has 0 saturated carbocycles. The predicted molar refractivity (Wildman–Crippen MR) is 106 cm³/mol. The van der Waals surface area contributed by atoms with Crippen molar-refractivity contribution < 1.29 is 14.3 Å². The summed E-state index contributed by atoms with van der Waals surface area (Å²) >= 11 is 1.76. The normalized spacial score (nSPS) is 16.6. The number of methoxy groups -OCH3 is 2. The molecule has 0 aliphatic carbocycles. The Labute approximate surface area is 159 Å². The van der Waals surface area contributed by atoms with Gasteiger partial charge in [-0.15, -0.1) is 0 Å². The minimum absolute atomic E-state index is 0.0348. The second-order valence-electron chi connectivity index (χ2n) is 6.40. The van der Waals surface area contributed by atoms with Crippen LogP contribution in [0.1, 0.15) is 40.4 Å². The zero-order chi connectivity index (χ0) is 18.5. The van der Waals surface area contributed by atoms with Crippen molar-refractivity contribution >= 4 is 17.7 Å². The average molecular weight is 372 g/mol. The van der Waals surface area contributed by atoms with Crippen molar-refractivity contribution in [2.45, 2.75) is 24.6 Å². The highest BCUT2D eigenvalue weighted by molar-refractivity contribution is 7.97. The van der Waals surface area contributed by atoms with E-state index in [1.165, 1.54) is 5.56 Å². The number of nitrogens with zero attached hydrogens (tertiary/aromatic N) is 1. The van der Waals surface area contributed by atoms with Crippen LogP contribution in [0.4, 0.5) is 0 Å². The van der Waals surface area contributed by atoms with E-state index in [9.17, 15) is 4.79 Å². The van der Waals surface area contributed by atoms with Gasteiger partial charge >= 0.3 is 0 Å². The van der Waals surface area contributed by atoms with Crippen LogP contribution in [0.25, 0.3) is 0 Å². The van der Waals surface area contributed by atoms with Gasteiger partial charge in [-0.1, -0.05) is 12.1 Å². The van der Waals surface area contributed by atoms with Crippen LogP contribution in [0, 0.1) is 0 Å². The van der Waals surface area contributed by atoms with Crippen LogP contribution in [0.2, 0.25) is 0 Å². The molecule has 0 radical (unpaired) electrons. The molecule has 1 fully saturated rings. The molecule has 2 aromatic carbocycles. The van der Waals surface area contributed by atoms with Crippen molar-refractivity contribution in [2.24, 2.45) is 0 Å². The lowest BCUT2D eigenvalue weighted by molar-refractivity contribution is 0.0734. The highest BCUT2D eigenvalue weighted by Gasteiger charge is 2.32. The van der Waals surface area contributed by atoms with Crippen molar-refractivity contribution in [2.75, 3.05) is 27.0 Å². The largest absolute Gasteiger partial charge is 0.497 e. The summed E-state index contributed by atoms with van der Waals surface area (Å²) in [7, 11) is 3.30. The molecule has 0 aromatic heterocycles. The third-order valence-electron chi connectivity index (χ3n) is 4.80. The van der Waals surface area contributed by atoms with E-state index in [0.29, 0.717) is 0 Å². The van der Waals surface area contributed by atoms with Crippen LogP contribution in [-0.4, -0.2) is 37.8 Å². The Morgan fingerprint density at radius 3 is 2.77 bits per heavy atom. The SMILES string of the molecule is COc1ccc(C2CCCN2C(=O)c2cccc(CSC)c2)c(OC)c1. The van der Waals surface area contributed by atoms with Crippen LogP contribution in [0.3, 0.4) is 0 Å². The summed E-state index contributed by atoms with van der Waals surface area (Å²) in [6.07, 6.45) is 4.01. The number of ether oxygens (including phenoxy) is 2. The van der Waals surface area contributed by atoms with E-state index in [2.05, 4.69) is 12.3 Å². The Morgan fingerprint density at radius 2 is 2.04 bits per heavy atom. The zero-order valence-corrected chi connectivity index (χ0v) is 16.3. The van der Waals surface area contributed by atoms with E-state index in [4.69, 9.17) is 9.47 Å². The fraction of sp³-hybridized carbons (Fsp3) is 0.381. The summed E-state index contributed by atoms with van der Waals surface area (Å²) in [5.41, 5.74) is 2.98. The second kappa shape index (κ2) is 8.49. The monoisotopic (exact) mass is 371 g/mol. The number of likely N-dealkylation sites (tertiary alicyclic amines) is 1. The molecular formula is C21H25NO3S.